The van der Waals surface area contributed by atoms with Crippen LogP contribution in [0.5, 0.6) is 0 Å². The molecule has 3 aromatic rings. The van der Waals surface area contributed by atoms with Crippen molar-refractivity contribution in [2.75, 3.05) is 19.9 Å². The molecule has 162 valence electrons. The Balaban J connectivity index is 1.83. The van der Waals surface area contributed by atoms with Crippen LogP contribution < -0.4 is 5.56 Å². The Hall–Kier alpha value is -3.11. The molecule has 0 saturated carbocycles. The summed E-state index contributed by atoms with van der Waals surface area (Å²) in [5.41, 5.74) is 0.370. The van der Waals surface area contributed by atoms with Crippen molar-refractivity contribution in [2.24, 2.45) is 0 Å². The molecule has 1 aliphatic rings. The number of hydrogen-bond acceptors (Lipinski definition) is 5. The van der Waals surface area contributed by atoms with Gasteiger partial charge < -0.3 is 14.6 Å². The molecule has 0 saturated heterocycles. The number of benzene rings is 2. The monoisotopic (exact) mass is 448 g/mol. The van der Waals surface area contributed by atoms with Gasteiger partial charge in [-0.15, -0.1) is 0 Å². The van der Waals surface area contributed by atoms with Gasteiger partial charge in [0.25, 0.3) is 11.5 Å². The van der Waals surface area contributed by atoms with E-state index in [1.54, 1.807) is 0 Å². The fourth-order valence-corrected chi connectivity index (χ4v) is 4.42. The minimum atomic E-state index is -3.51. The van der Waals surface area contributed by atoms with Crippen molar-refractivity contribution in [1.82, 2.24) is 9.88 Å². The van der Waals surface area contributed by atoms with E-state index >= 15 is 0 Å². The number of ether oxygens (including phenoxy) is 1. The number of nitrogens with one attached hydrogen (secondary N) is 1. The van der Waals surface area contributed by atoms with Gasteiger partial charge in [0.05, 0.1) is 29.5 Å². The lowest BCUT2D eigenvalue weighted by Crippen LogP contribution is -2.37. The topological polar surface area (TPSA) is 96.5 Å². The zero-order valence-corrected chi connectivity index (χ0v) is 17.4. The summed E-state index contributed by atoms with van der Waals surface area (Å²) in [7, 11) is -2.02. The summed E-state index contributed by atoms with van der Waals surface area (Å²) >= 11 is 0. The number of halogens is 2. The predicted octanol–water partition coefficient (Wildman–Crippen LogP) is 2.55. The Morgan fingerprint density at radius 1 is 1.16 bits per heavy atom. The number of aromatic nitrogens is 1. The highest BCUT2D eigenvalue weighted by molar-refractivity contribution is 7.90. The van der Waals surface area contributed by atoms with Crippen LogP contribution in [0.1, 0.15) is 27.7 Å². The predicted molar refractivity (Wildman–Crippen MR) is 109 cm³/mol. The first-order valence-electron chi connectivity index (χ1n) is 9.26. The molecule has 4 rings (SSSR count). The van der Waals surface area contributed by atoms with E-state index < -0.39 is 39.0 Å². The number of carbonyl (C=O) groups excluding carboxylic acids is 1. The first-order chi connectivity index (χ1) is 14.6. The SMILES string of the molecule is CN(C(=O)c1cccc(S(C)(=O)=O)c1)C1COCc2[nH]c(=O)c3cc(F)c(F)cc3c21. The molecule has 31 heavy (non-hydrogen) atoms. The number of rotatable bonds is 3. The highest BCUT2D eigenvalue weighted by Gasteiger charge is 2.31. The van der Waals surface area contributed by atoms with Gasteiger partial charge in [-0.05, 0) is 35.7 Å². The van der Waals surface area contributed by atoms with E-state index in [1.165, 1.54) is 36.2 Å². The maximum absolute atomic E-state index is 14.0. The quantitative estimate of drug-likeness (QED) is 0.664. The van der Waals surface area contributed by atoms with Crippen molar-refractivity contribution >= 4 is 26.5 Å². The summed E-state index contributed by atoms with van der Waals surface area (Å²) in [6, 6.07) is 6.67. The fourth-order valence-electron chi connectivity index (χ4n) is 3.75. The molecule has 0 radical (unpaired) electrons. The zero-order chi connectivity index (χ0) is 22.5. The molecule has 2 heterocycles. The van der Waals surface area contributed by atoms with Gasteiger partial charge in [-0.25, -0.2) is 17.2 Å². The van der Waals surface area contributed by atoms with Crippen LogP contribution in [0.2, 0.25) is 0 Å². The third-order valence-corrected chi connectivity index (χ3v) is 6.45. The zero-order valence-electron chi connectivity index (χ0n) is 16.6. The number of hydrogen-bond donors (Lipinski definition) is 1. The Morgan fingerprint density at radius 3 is 2.52 bits per heavy atom. The molecule has 1 atom stereocenters. The fraction of sp³-hybridized carbons (Fsp3) is 0.238. The summed E-state index contributed by atoms with van der Waals surface area (Å²) in [6.45, 7) is 0.0999. The number of H-pyrrole nitrogens is 1. The van der Waals surface area contributed by atoms with E-state index in [9.17, 15) is 26.8 Å². The van der Waals surface area contributed by atoms with Crippen LogP contribution in [0.25, 0.3) is 10.8 Å². The maximum atomic E-state index is 14.0. The first-order valence-corrected chi connectivity index (χ1v) is 11.2. The third kappa shape index (κ3) is 3.72. The summed E-state index contributed by atoms with van der Waals surface area (Å²) < 4.78 is 56.9. The second-order valence-electron chi connectivity index (χ2n) is 7.41. The molecule has 0 bridgehead atoms. The number of sulfone groups is 1. The van der Waals surface area contributed by atoms with Crippen LogP contribution in [0.15, 0.2) is 46.1 Å². The summed E-state index contributed by atoms with van der Waals surface area (Å²) in [6.07, 6.45) is 1.04. The number of aromatic amines is 1. The Morgan fingerprint density at radius 2 is 1.84 bits per heavy atom. The highest BCUT2D eigenvalue weighted by Crippen LogP contribution is 2.34. The van der Waals surface area contributed by atoms with Crippen molar-refractivity contribution < 1.29 is 26.7 Å². The Bertz CT molecular complexity index is 1380. The molecule has 0 fully saturated rings. The van der Waals surface area contributed by atoms with Gasteiger partial charge in [0.1, 0.15) is 0 Å². The molecule has 1 amide bonds. The van der Waals surface area contributed by atoms with Gasteiger partial charge >= 0.3 is 0 Å². The Labute approximate surface area is 176 Å². The Kier molecular flexibility index (Phi) is 5.14. The molecule has 1 unspecified atom stereocenters. The van der Waals surface area contributed by atoms with Gasteiger partial charge in [0.15, 0.2) is 21.5 Å². The number of nitrogens with zero attached hydrogens (tertiary/aromatic N) is 1. The van der Waals surface area contributed by atoms with Gasteiger partial charge in [0, 0.05) is 30.1 Å². The number of fused-ring (bicyclic) bond motifs is 3. The average molecular weight is 448 g/mol. The molecular weight excluding hydrogens is 430 g/mol. The summed E-state index contributed by atoms with van der Waals surface area (Å²) in [5, 5.41) is 0.153. The van der Waals surface area contributed by atoms with Gasteiger partial charge in [0.2, 0.25) is 0 Å². The lowest BCUT2D eigenvalue weighted by atomic mass is 9.95. The average Bonchev–Trinajstić information content (AvgIpc) is 2.73. The molecule has 2 aromatic carbocycles. The molecule has 1 aliphatic heterocycles. The molecular formula is C21H18F2N2O5S. The number of amides is 1. The normalized spacial score (nSPS) is 16.2. The van der Waals surface area contributed by atoms with E-state index in [1.807, 2.05) is 0 Å². The summed E-state index contributed by atoms with van der Waals surface area (Å²) in [4.78, 5) is 29.4. The second kappa shape index (κ2) is 7.54. The maximum Gasteiger partial charge on any atom is 0.256 e. The highest BCUT2D eigenvalue weighted by atomic mass is 32.2. The number of carbonyl (C=O) groups is 1. The van der Waals surface area contributed by atoms with Crippen LogP contribution in [-0.2, 0) is 21.2 Å². The van der Waals surface area contributed by atoms with Crippen LogP contribution in [0, 0.1) is 11.6 Å². The largest absolute Gasteiger partial charge is 0.373 e. The van der Waals surface area contributed by atoms with E-state index in [0.29, 0.717) is 11.3 Å². The lowest BCUT2D eigenvalue weighted by molar-refractivity contribution is 0.0335. The van der Waals surface area contributed by atoms with E-state index in [0.717, 1.165) is 18.4 Å². The molecule has 1 N–H and O–H groups in total. The minimum absolute atomic E-state index is 0.000583. The van der Waals surface area contributed by atoms with Crippen LogP contribution in [0.3, 0.4) is 0 Å². The molecule has 10 heteroatoms. The van der Waals surface area contributed by atoms with Crippen molar-refractivity contribution in [2.45, 2.75) is 17.5 Å². The standard InChI is InChI=1S/C21H18F2N2O5S/c1-25(21(27)11-4-3-5-12(6-11)31(2,28)29)18-10-30-9-17-19(18)13-7-15(22)16(23)8-14(13)20(26)24-17/h3-8,18H,9-10H2,1-2H3,(H,24,26). The van der Waals surface area contributed by atoms with Crippen molar-refractivity contribution in [3.63, 3.8) is 0 Å². The smallest absolute Gasteiger partial charge is 0.256 e. The van der Waals surface area contributed by atoms with Crippen molar-refractivity contribution in [1.29, 1.82) is 0 Å². The van der Waals surface area contributed by atoms with Gasteiger partial charge in [-0.3, -0.25) is 9.59 Å². The van der Waals surface area contributed by atoms with E-state index in [4.69, 9.17) is 4.74 Å². The minimum Gasteiger partial charge on any atom is -0.373 e. The van der Waals surface area contributed by atoms with Crippen molar-refractivity contribution in [3.05, 3.63) is 75.2 Å². The van der Waals surface area contributed by atoms with E-state index in [-0.39, 0.29) is 34.4 Å². The summed E-state index contributed by atoms with van der Waals surface area (Å²) in [5.74, 6) is -2.75. The number of pyridine rings is 1. The van der Waals surface area contributed by atoms with Gasteiger partial charge in [-0.1, -0.05) is 6.07 Å². The van der Waals surface area contributed by atoms with Crippen LogP contribution >= 0.6 is 0 Å². The van der Waals surface area contributed by atoms with Crippen LogP contribution in [-0.4, -0.2) is 44.1 Å². The second-order valence-corrected chi connectivity index (χ2v) is 9.42. The lowest BCUT2D eigenvalue weighted by Gasteiger charge is -2.34. The van der Waals surface area contributed by atoms with Crippen molar-refractivity contribution in [3.8, 4) is 0 Å². The molecule has 0 aliphatic carbocycles. The molecule has 0 spiro atoms. The molecule has 7 nitrogen and oxygen atoms in total. The number of likely N-dealkylation sites (N-methyl/N-ethyl adjacent to an activating group) is 1. The van der Waals surface area contributed by atoms with E-state index in [2.05, 4.69) is 4.98 Å². The first kappa shape index (κ1) is 21.1. The third-order valence-electron chi connectivity index (χ3n) is 5.34. The van der Waals surface area contributed by atoms with Crippen LogP contribution in [0.4, 0.5) is 8.78 Å². The van der Waals surface area contributed by atoms with Gasteiger partial charge in [-0.2, -0.15) is 0 Å². The molecule has 1 aromatic heterocycles.